The predicted molar refractivity (Wildman–Crippen MR) is 96.3 cm³/mol. The fraction of sp³-hybridized carbons (Fsp3) is 0.611. The van der Waals surface area contributed by atoms with Gasteiger partial charge in [-0.2, -0.15) is 0 Å². The molecule has 2 nitrogen and oxygen atoms in total. The Balaban J connectivity index is 2.04. The third-order valence-electron chi connectivity index (χ3n) is 3.34. The Hall–Kier alpha value is -0.850. The molecule has 22 heavy (non-hydrogen) atoms. The van der Waals surface area contributed by atoms with Gasteiger partial charge in [-0.15, -0.1) is 23.4 Å². The van der Waals surface area contributed by atoms with Gasteiger partial charge in [0.2, 0.25) is 0 Å². The summed E-state index contributed by atoms with van der Waals surface area (Å²) < 4.78 is 0. The van der Waals surface area contributed by atoms with E-state index in [0.29, 0.717) is 6.42 Å². The van der Waals surface area contributed by atoms with Crippen molar-refractivity contribution in [3.63, 3.8) is 0 Å². The van der Waals surface area contributed by atoms with Crippen LogP contribution in [0.25, 0.3) is 0 Å². The van der Waals surface area contributed by atoms with Crippen LogP contribution in [0.4, 0.5) is 0 Å². The molecule has 0 aliphatic heterocycles. The minimum Gasteiger partial charge on any atom is -0.481 e. The summed E-state index contributed by atoms with van der Waals surface area (Å²) in [6, 6.07) is 0. The van der Waals surface area contributed by atoms with Crippen molar-refractivity contribution in [2.75, 3.05) is 5.75 Å². The van der Waals surface area contributed by atoms with Crippen LogP contribution in [0.5, 0.6) is 0 Å². The SMILES string of the molecule is O=C(O)CCCCCCCCSC1=C/CC#CC(Cl)C/C=C\1. The highest BCUT2D eigenvalue weighted by Crippen LogP contribution is 2.21. The van der Waals surface area contributed by atoms with Gasteiger partial charge in [-0.3, -0.25) is 4.79 Å². The lowest BCUT2D eigenvalue weighted by atomic mass is 10.1. The minimum absolute atomic E-state index is 0.0601. The first kappa shape index (κ1) is 19.2. The lowest BCUT2D eigenvalue weighted by molar-refractivity contribution is -0.137. The van der Waals surface area contributed by atoms with Gasteiger partial charge in [0.15, 0.2) is 0 Å². The zero-order chi connectivity index (χ0) is 16.0. The number of carboxylic acid groups (broad SMARTS) is 1. The second-order valence-corrected chi connectivity index (χ2v) is 7.05. The molecule has 0 spiro atoms. The van der Waals surface area contributed by atoms with Crippen molar-refractivity contribution in [3.8, 4) is 11.8 Å². The third kappa shape index (κ3) is 10.8. The molecule has 0 bridgehead atoms. The minimum atomic E-state index is -0.682. The lowest BCUT2D eigenvalue weighted by Crippen LogP contribution is -1.93. The van der Waals surface area contributed by atoms with Crippen LogP contribution >= 0.6 is 23.4 Å². The number of carboxylic acids is 1. The number of carbonyl (C=O) groups is 1. The monoisotopic (exact) mass is 340 g/mol. The molecule has 1 aliphatic rings. The van der Waals surface area contributed by atoms with E-state index in [0.717, 1.165) is 37.9 Å². The van der Waals surface area contributed by atoms with Gasteiger partial charge in [0, 0.05) is 17.7 Å². The van der Waals surface area contributed by atoms with Crippen LogP contribution in [0.15, 0.2) is 23.1 Å². The molecule has 0 fully saturated rings. The second kappa shape index (κ2) is 12.7. The molecule has 0 heterocycles. The first-order chi connectivity index (χ1) is 10.7. The molecular formula is C18H25ClO2S. The van der Waals surface area contributed by atoms with Gasteiger partial charge in [-0.05, 0) is 25.0 Å². The van der Waals surface area contributed by atoms with Crippen molar-refractivity contribution in [2.45, 2.75) is 63.2 Å². The number of unbranched alkanes of at least 4 members (excludes halogenated alkanes) is 5. The number of hydrogen-bond acceptors (Lipinski definition) is 2. The van der Waals surface area contributed by atoms with Gasteiger partial charge >= 0.3 is 5.97 Å². The quantitative estimate of drug-likeness (QED) is 0.329. The van der Waals surface area contributed by atoms with Crippen LogP contribution in [0, 0.1) is 11.8 Å². The summed E-state index contributed by atoms with van der Waals surface area (Å²) >= 11 is 7.93. The zero-order valence-electron chi connectivity index (χ0n) is 13.0. The van der Waals surface area contributed by atoms with E-state index in [1.807, 2.05) is 11.8 Å². The van der Waals surface area contributed by atoms with Gasteiger partial charge in [-0.25, -0.2) is 0 Å². The summed E-state index contributed by atoms with van der Waals surface area (Å²) in [4.78, 5) is 11.7. The van der Waals surface area contributed by atoms with Gasteiger partial charge in [0.25, 0.3) is 0 Å². The van der Waals surface area contributed by atoms with Crippen molar-refractivity contribution in [1.29, 1.82) is 0 Å². The Morgan fingerprint density at radius 3 is 2.77 bits per heavy atom. The lowest BCUT2D eigenvalue weighted by Gasteiger charge is -2.03. The van der Waals surface area contributed by atoms with E-state index in [2.05, 4.69) is 30.1 Å². The van der Waals surface area contributed by atoms with E-state index in [1.54, 1.807) is 0 Å². The van der Waals surface area contributed by atoms with E-state index in [-0.39, 0.29) is 5.38 Å². The predicted octanol–water partition coefficient (Wildman–Crippen LogP) is 5.38. The number of halogens is 1. The zero-order valence-corrected chi connectivity index (χ0v) is 14.6. The maximum atomic E-state index is 10.4. The highest BCUT2D eigenvalue weighted by atomic mass is 35.5. The van der Waals surface area contributed by atoms with Crippen molar-refractivity contribution < 1.29 is 9.90 Å². The second-order valence-electron chi connectivity index (χ2n) is 5.35. The highest BCUT2D eigenvalue weighted by molar-refractivity contribution is 8.03. The van der Waals surface area contributed by atoms with Gasteiger partial charge in [0.05, 0.1) is 5.38 Å². The molecule has 4 heteroatoms. The summed E-state index contributed by atoms with van der Waals surface area (Å²) in [5, 5.41) is 8.49. The maximum Gasteiger partial charge on any atom is 0.303 e. The van der Waals surface area contributed by atoms with E-state index in [4.69, 9.17) is 16.7 Å². The number of hydrogen-bond donors (Lipinski definition) is 1. The molecule has 0 amide bonds. The molecule has 0 saturated carbocycles. The molecule has 0 aromatic rings. The molecule has 1 aliphatic carbocycles. The Labute approximate surface area is 143 Å². The molecule has 1 rings (SSSR count). The van der Waals surface area contributed by atoms with Gasteiger partial charge < -0.3 is 5.11 Å². The molecule has 1 N–H and O–H groups in total. The number of thioether (sulfide) groups is 1. The van der Waals surface area contributed by atoms with Gasteiger partial charge in [-0.1, -0.05) is 55.8 Å². The topological polar surface area (TPSA) is 37.3 Å². The molecule has 1 atom stereocenters. The number of aliphatic carboxylic acids is 1. The Morgan fingerprint density at radius 1 is 1.27 bits per heavy atom. The third-order valence-corrected chi connectivity index (χ3v) is 4.76. The number of allylic oxidation sites excluding steroid dienone is 3. The number of rotatable bonds is 10. The van der Waals surface area contributed by atoms with Crippen molar-refractivity contribution >= 4 is 29.3 Å². The molecule has 0 aromatic heterocycles. The summed E-state index contributed by atoms with van der Waals surface area (Å²) in [7, 11) is 0. The number of alkyl halides is 1. The molecule has 0 saturated heterocycles. The summed E-state index contributed by atoms with van der Waals surface area (Å²) in [6.07, 6.45) is 15.0. The maximum absolute atomic E-state index is 10.4. The Morgan fingerprint density at radius 2 is 2.00 bits per heavy atom. The van der Waals surface area contributed by atoms with Crippen molar-refractivity contribution in [3.05, 3.63) is 23.1 Å². The van der Waals surface area contributed by atoms with Gasteiger partial charge in [0.1, 0.15) is 0 Å². The van der Waals surface area contributed by atoms with E-state index in [9.17, 15) is 4.79 Å². The van der Waals surface area contributed by atoms with Crippen LogP contribution < -0.4 is 0 Å². The molecule has 0 radical (unpaired) electrons. The van der Waals surface area contributed by atoms with E-state index >= 15 is 0 Å². The summed E-state index contributed by atoms with van der Waals surface area (Å²) in [5.74, 6) is 6.56. The van der Waals surface area contributed by atoms with Crippen LogP contribution in [-0.2, 0) is 4.79 Å². The van der Waals surface area contributed by atoms with Crippen LogP contribution in [0.2, 0.25) is 0 Å². The normalized spacial score (nSPS) is 21.5. The van der Waals surface area contributed by atoms with E-state index < -0.39 is 5.97 Å². The largest absolute Gasteiger partial charge is 0.481 e. The van der Waals surface area contributed by atoms with Crippen LogP contribution in [0.3, 0.4) is 0 Å². The fourth-order valence-corrected chi connectivity index (χ4v) is 3.29. The molecule has 1 unspecified atom stereocenters. The highest BCUT2D eigenvalue weighted by Gasteiger charge is 2.00. The molecule has 0 aromatic carbocycles. The average molecular weight is 341 g/mol. The smallest absolute Gasteiger partial charge is 0.303 e. The van der Waals surface area contributed by atoms with Crippen molar-refractivity contribution in [1.82, 2.24) is 0 Å². The summed E-state index contributed by atoms with van der Waals surface area (Å²) in [5.41, 5.74) is 0. The first-order valence-corrected chi connectivity index (χ1v) is 9.44. The first-order valence-electron chi connectivity index (χ1n) is 8.02. The summed E-state index contributed by atoms with van der Waals surface area (Å²) in [6.45, 7) is 0. The van der Waals surface area contributed by atoms with Crippen molar-refractivity contribution in [2.24, 2.45) is 0 Å². The Bertz CT molecular complexity index is 446. The standard InChI is InChI=1S/C18H25ClO2S/c19-16-10-6-7-12-17(13-9-11-16)22-15-8-4-2-1-3-5-14-18(20)21/h9,12-13,16H,1-5,7-8,11,14-15H2,(H,20,21)/b13-9-,17-12+. The van der Waals surface area contributed by atoms with E-state index in [1.165, 1.54) is 24.2 Å². The fourth-order valence-electron chi connectivity index (χ4n) is 2.13. The Kier molecular flexibility index (Phi) is 11.1. The molecular weight excluding hydrogens is 316 g/mol. The molecule has 122 valence electrons. The van der Waals surface area contributed by atoms with Crippen LogP contribution in [-0.4, -0.2) is 22.2 Å². The van der Waals surface area contributed by atoms with Crippen LogP contribution in [0.1, 0.15) is 57.8 Å². The average Bonchev–Trinajstić information content (AvgIpc) is 2.58.